The van der Waals surface area contributed by atoms with Crippen molar-refractivity contribution in [1.29, 1.82) is 0 Å². The molecule has 0 bridgehead atoms. The van der Waals surface area contributed by atoms with Crippen LogP contribution in [0.4, 0.5) is 10.5 Å². The van der Waals surface area contributed by atoms with Crippen molar-refractivity contribution in [3.63, 3.8) is 0 Å². The summed E-state index contributed by atoms with van der Waals surface area (Å²) in [5.74, 6) is -2.67. The van der Waals surface area contributed by atoms with Gasteiger partial charge in [0.15, 0.2) is 0 Å². The zero-order chi connectivity index (χ0) is 15.3. The second-order valence-electron chi connectivity index (χ2n) is 3.68. The summed E-state index contributed by atoms with van der Waals surface area (Å²) in [6.45, 7) is -1.51. The molecule has 0 aliphatic heterocycles. The SMILES string of the molecule is O=C(O)CN(CC(=O)O)C(=O)Nc1cccc(Cl)c1Cl. The number of anilines is 1. The molecule has 0 aromatic heterocycles. The molecule has 1 aromatic rings. The van der Waals surface area contributed by atoms with E-state index in [1.54, 1.807) is 0 Å². The zero-order valence-corrected chi connectivity index (χ0v) is 11.5. The van der Waals surface area contributed by atoms with Crippen LogP contribution in [-0.2, 0) is 9.59 Å². The zero-order valence-electron chi connectivity index (χ0n) is 9.97. The fourth-order valence-corrected chi connectivity index (χ4v) is 1.67. The highest BCUT2D eigenvalue weighted by atomic mass is 35.5. The summed E-state index contributed by atoms with van der Waals surface area (Å²) in [6, 6.07) is 3.58. The van der Waals surface area contributed by atoms with Crippen LogP contribution in [0, 0.1) is 0 Å². The Hall–Kier alpha value is -1.99. The molecule has 7 nitrogen and oxygen atoms in total. The van der Waals surface area contributed by atoms with Crippen LogP contribution in [-0.4, -0.2) is 46.2 Å². The number of nitrogens with zero attached hydrogens (tertiary/aromatic N) is 1. The Morgan fingerprint density at radius 1 is 1.10 bits per heavy atom. The fourth-order valence-electron chi connectivity index (χ4n) is 1.32. The smallest absolute Gasteiger partial charge is 0.323 e. The van der Waals surface area contributed by atoms with Gasteiger partial charge < -0.3 is 20.4 Å². The third-order valence-electron chi connectivity index (χ3n) is 2.13. The van der Waals surface area contributed by atoms with E-state index in [9.17, 15) is 14.4 Å². The van der Waals surface area contributed by atoms with Crippen LogP contribution >= 0.6 is 23.2 Å². The molecule has 0 heterocycles. The van der Waals surface area contributed by atoms with Gasteiger partial charge in [-0.25, -0.2) is 4.79 Å². The van der Waals surface area contributed by atoms with Gasteiger partial charge in [-0.3, -0.25) is 9.59 Å². The van der Waals surface area contributed by atoms with Gasteiger partial charge in [0.05, 0.1) is 15.7 Å². The highest BCUT2D eigenvalue weighted by Gasteiger charge is 2.20. The molecule has 0 spiro atoms. The maximum absolute atomic E-state index is 11.8. The van der Waals surface area contributed by atoms with Crippen molar-refractivity contribution in [2.24, 2.45) is 0 Å². The van der Waals surface area contributed by atoms with E-state index in [1.165, 1.54) is 18.2 Å². The van der Waals surface area contributed by atoms with Crippen molar-refractivity contribution in [3.05, 3.63) is 28.2 Å². The molecule has 3 N–H and O–H groups in total. The minimum absolute atomic E-state index is 0.0770. The van der Waals surface area contributed by atoms with Gasteiger partial charge in [0.25, 0.3) is 0 Å². The number of nitrogens with one attached hydrogen (secondary N) is 1. The van der Waals surface area contributed by atoms with Crippen molar-refractivity contribution < 1.29 is 24.6 Å². The average molecular weight is 321 g/mol. The Bertz CT molecular complexity index is 534. The highest BCUT2D eigenvalue weighted by Crippen LogP contribution is 2.29. The minimum atomic E-state index is -1.33. The standard InChI is InChI=1S/C11H10Cl2N2O5/c12-6-2-1-3-7(10(6)13)14-11(20)15(4-8(16)17)5-9(18)19/h1-3H,4-5H2,(H,14,20)(H,16,17)(H,18,19). The number of hydrogen-bond acceptors (Lipinski definition) is 3. The van der Waals surface area contributed by atoms with Gasteiger partial charge in [0.1, 0.15) is 13.1 Å². The number of amides is 2. The highest BCUT2D eigenvalue weighted by molar-refractivity contribution is 6.43. The first-order valence-corrected chi connectivity index (χ1v) is 6.00. The number of hydrogen-bond donors (Lipinski definition) is 3. The Morgan fingerprint density at radius 3 is 2.15 bits per heavy atom. The van der Waals surface area contributed by atoms with E-state index in [-0.39, 0.29) is 15.7 Å². The summed E-state index contributed by atoms with van der Waals surface area (Å²) in [4.78, 5) is 33.7. The fraction of sp³-hybridized carbons (Fsp3) is 0.182. The van der Waals surface area contributed by atoms with Crippen molar-refractivity contribution in [1.82, 2.24) is 4.90 Å². The summed E-state index contributed by atoms with van der Waals surface area (Å²) < 4.78 is 0. The molecule has 2 amide bonds. The normalized spacial score (nSPS) is 9.90. The lowest BCUT2D eigenvalue weighted by Gasteiger charge is -2.19. The number of carbonyl (C=O) groups excluding carboxylic acids is 1. The number of carboxylic acid groups (broad SMARTS) is 2. The number of urea groups is 1. The molecular formula is C11H10Cl2N2O5. The van der Waals surface area contributed by atoms with Crippen LogP contribution in [0.5, 0.6) is 0 Å². The molecule has 0 atom stereocenters. The van der Waals surface area contributed by atoms with E-state index < -0.39 is 31.1 Å². The number of rotatable bonds is 5. The molecule has 0 aliphatic rings. The summed E-state index contributed by atoms with van der Waals surface area (Å²) in [7, 11) is 0. The predicted molar refractivity (Wildman–Crippen MR) is 72.3 cm³/mol. The minimum Gasteiger partial charge on any atom is -0.480 e. The van der Waals surface area contributed by atoms with Crippen LogP contribution in [0.3, 0.4) is 0 Å². The quantitative estimate of drug-likeness (QED) is 0.769. The first-order valence-electron chi connectivity index (χ1n) is 5.24. The lowest BCUT2D eigenvalue weighted by Crippen LogP contribution is -2.42. The molecule has 108 valence electrons. The second-order valence-corrected chi connectivity index (χ2v) is 4.46. The molecule has 0 aliphatic carbocycles. The molecule has 0 saturated carbocycles. The molecule has 9 heteroatoms. The lowest BCUT2D eigenvalue weighted by atomic mass is 10.3. The summed E-state index contributed by atoms with van der Waals surface area (Å²) in [6.07, 6.45) is 0. The molecule has 0 fully saturated rings. The van der Waals surface area contributed by atoms with Gasteiger partial charge >= 0.3 is 18.0 Å². The second kappa shape index (κ2) is 6.97. The molecule has 1 aromatic carbocycles. The summed E-state index contributed by atoms with van der Waals surface area (Å²) in [5, 5.41) is 19.9. The predicted octanol–water partition coefficient (Wildman–Crippen LogP) is 2.00. The Labute approximate surface area is 123 Å². The molecule has 1 rings (SSSR count). The molecule has 20 heavy (non-hydrogen) atoms. The average Bonchev–Trinajstić information content (AvgIpc) is 2.33. The van der Waals surface area contributed by atoms with Gasteiger partial charge in [0, 0.05) is 0 Å². The largest absolute Gasteiger partial charge is 0.480 e. The van der Waals surface area contributed by atoms with E-state index in [2.05, 4.69) is 5.32 Å². The van der Waals surface area contributed by atoms with Crippen LogP contribution in [0.15, 0.2) is 18.2 Å². The summed E-state index contributed by atoms with van der Waals surface area (Å²) in [5.41, 5.74) is 0.157. The lowest BCUT2D eigenvalue weighted by molar-refractivity contribution is -0.140. The third kappa shape index (κ3) is 4.60. The van der Waals surface area contributed by atoms with Gasteiger partial charge in [-0.1, -0.05) is 29.3 Å². The van der Waals surface area contributed by atoms with E-state index in [4.69, 9.17) is 33.4 Å². The van der Waals surface area contributed by atoms with Gasteiger partial charge in [-0.05, 0) is 12.1 Å². The number of carboxylic acids is 2. The van der Waals surface area contributed by atoms with Gasteiger partial charge in [-0.2, -0.15) is 0 Å². The maximum Gasteiger partial charge on any atom is 0.323 e. The molecular weight excluding hydrogens is 311 g/mol. The molecule has 0 saturated heterocycles. The Kier molecular flexibility index (Phi) is 5.60. The number of aliphatic carboxylic acids is 2. The van der Waals surface area contributed by atoms with Crippen molar-refractivity contribution >= 4 is 46.9 Å². The monoisotopic (exact) mass is 320 g/mol. The van der Waals surface area contributed by atoms with E-state index in [1.807, 2.05) is 0 Å². The van der Waals surface area contributed by atoms with Crippen LogP contribution < -0.4 is 5.32 Å². The van der Waals surface area contributed by atoms with Crippen LogP contribution in [0.25, 0.3) is 0 Å². The topological polar surface area (TPSA) is 107 Å². The summed E-state index contributed by atoms with van der Waals surface area (Å²) >= 11 is 11.6. The van der Waals surface area contributed by atoms with Crippen LogP contribution in [0.1, 0.15) is 0 Å². The van der Waals surface area contributed by atoms with Gasteiger partial charge in [-0.15, -0.1) is 0 Å². The molecule has 0 unspecified atom stereocenters. The van der Waals surface area contributed by atoms with E-state index in [0.717, 1.165) is 0 Å². The maximum atomic E-state index is 11.8. The number of halogens is 2. The first-order chi connectivity index (χ1) is 9.31. The van der Waals surface area contributed by atoms with Crippen LogP contribution in [0.2, 0.25) is 10.0 Å². The van der Waals surface area contributed by atoms with Crippen molar-refractivity contribution in [2.45, 2.75) is 0 Å². The van der Waals surface area contributed by atoms with E-state index in [0.29, 0.717) is 4.90 Å². The number of benzene rings is 1. The van der Waals surface area contributed by atoms with Crippen molar-refractivity contribution in [3.8, 4) is 0 Å². The Morgan fingerprint density at radius 2 is 1.65 bits per heavy atom. The number of carbonyl (C=O) groups is 3. The molecule has 0 radical (unpaired) electrons. The van der Waals surface area contributed by atoms with Crippen molar-refractivity contribution in [2.75, 3.05) is 18.4 Å². The van der Waals surface area contributed by atoms with Gasteiger partial charge in [0.2, 0.25) is 0 Å². The van der Waals surface area contributed by atoms with E-state index >= 15 is 0 Å². The third-order valence-corrected chi connectivity index (χ3v) is 2.95. The first kappa shape index (κ1) is 16.1. The Balaban J connectivity index is 2.87.